The Kier molecular flexibility index (Phi) is 6.03. The lowest BCUT2D eigenvalue weighted by molar-refractivity contribution is 0.402. The molecule has 0 amide bonds. The van der Waals surface area contributed by atoms with E-state index >= 15 is 0 Å². The van der Waals surface area contributed by atoms with Gasteiger partial charge in [0.05, 0.1) is 18.4 Å². The molecule has 0 fully saturated rings. The largest absolute Gasteiger partial charge is 0.495 e. The fourth-order valence-electron chi connectivity index (χ4n) is 3.20. The van der Waals surface area contributed by atoms with Crippen molar-refractivity contribution in [2.45, 2.75) is 24.7 Å². The van der Waals surface area contributed by atoms with Gasteiger partial charge in [0.15, 0.2) is 5.82 Å². The van der Waals surface area contributed by atoms with E-state index in [2.05, 4.69) is 14.8 Å². The maximum Gasteiger partial charge on any atom is 0.244 e. The number of thiazole rings is 1. The third-order valence-electron chi connectivity index (χ3n) is 4.86. The topological polar surface area (TPSA) is 85.6 Å². The highest BCUT2D eigenvalue weighted by molar-refractivity contribution is 7.89. The molecule has 0 aliphatic rings. The Balaban J connectivity index is 1.52. The van der Waals surface area contributed by atoms with E-state index in [1.54, 1.807) is 34.8 Å². The molecule has 0 unspecified atom stereocenters. The molecule has 2 aromatic heterocycles. The molecular weight excluding hydrogens is 439 g/mol. The van der Waals surface area contributed by atoms with Crippen LogP contribution in [0.1, 0.15) is 18.2 Å². The normalized spacial score (nSPS) is 11.8. The highest BCUT2D eigenvalue weighted by atomic mass is 32.2. The average Bonchev–Trinajstić information content (AvgIpc) is 3.35. The van der Waals surface area contributed by atoms with Crippen molar-refractivity contribution in [2.24, 2.45) is 0 Å². The second kappa shape index (κ2) is 8.74. The van der Waals surface area contributed by atoms with Gasteiger partial charge in [-0.1, -0.05) is 25.1 Å². The predicted octanol–water partition coefficient (Wildman–Crippen LogP) is 3.69. The number of rotatable bonds is 8. The number of nitrogens with one attached hydrogen (secondary N) is 1. The number of hydrogen-bond donors (Lipinski definition) is 1. The summed E-state index contributed by atoms with van der Waals surface area (Å²) in [6.45, 7) is 2.13. The van der Waals surface area contributed by atoms with E-state index in [9.17, 15) is 12.8 Å². The summed E-state index contributed by atoms with van der Waals surface area (Å²) < 4.78 is 49.2. The van der Waals surface area contributed by atoms with E-state index in [0.717, 1.165) is 17.7 Å². The molecule has 0 saturated heterocycles. The van der Waals surface area contributed by atoms with E-state index in [1.165, 1.54) is 24.5 Å². The third kappa shape index (κ3) is 4.32. The van der Waals surface area contributed by atoms with Crippen molar-refractivity contribution in [2.75, 3.05) is 13.7 Å². The van der Waals surface area contributed by atoms with Gasteiger partial charge in [-0.05, 0) is 36.2 Å². The first kappa shape index (κ1) is 21.4. The van der Waals surface area contributed by atoms with Crippen molar-refractivity contribution < 1.29 is 17.5 Å². The van der Waals surface area contributed by atoms with E-state index in [-0.39, 0.29) is 11.4 Å². The number of nitrogens with zero attached hydrogens (tertiary/aromatic N) is 3. The first-order chi connectivity index (χ1) is 14.9. The summed E-state index contributed by atoms with van der Waals surface area (Å²) in [4.78, 5) is 5.12. The molecule has 0 saturated carbocycles. The molecule has 4 rings (SSSR count). The Morgan fingerprint density at radius 3 is 2.77 bits per heavy atom. The van der Waals surface area contributed by atoms with Gasteiger partial charge < -0.3 is 4.74 Å². The van der Waals surface area contributed by atoms with Crippen LogP contribution in [0.25, 0.3) is 16.3 Å². The Labute approximate surface area is 183 Å². The van der Waals surface area contributed by atoms with Gasteiger partial charge in [0, 0.05) is 18.3 Å². The molecule has 162 valence electrons. The van der Waals surface area contributed by atoms with Gasteiger partial charge >= 0.3 is 0 Å². The zero-order valence-corrected chi connectivity index (χ0v) is 18.6. The van der Waals surface area contributed by atoms with Crippen molar-refractivity contribution in [1.29, 1.82) is 0 Å². The van der Waals surface area contributed by atoms with E-state index in [4.69, 9.17) is 4.74 Å². The van der Waals surface area contributed by atoms with Gasteiger partial charge in [-0.3, -0.25) is 0 Å². The molecule has 0 bridgehead atoms. The highest BCUT2D eigenvalue weighted by Gasteiger charge is 2.20. The van der Waals surface area contributed by atoms with Crippen LogP contribution in [0.5, 0.6) is 5.75 Å². The minimum Gasteiger partial charge on any atom is -0.495 e. The Morgan fingerprint density at radius 1 is 1.23 bits per heavy atom. The van der Waals surface area contributed by atoms with Crippen LogP contribution in [0.3, 0.4) is 0 Å². The van der Waals surface area contributed by atoms with Gasteiger partial charge in [-0.15, -0.1) is 16.4 Å². The van der Waals surface area contributed by atoms with E-state index in [0.29, 0.717) is 28.5 Å². The van der Waals surface area contributed by atoms with Crippen LogP contribution in [-0.2, 0) is 22.9 Å². The molecule has 0 radical (unpaired) electrons. The lowest BCUT2D eigenvalue weighted by atomic mass is 10.2. The standard InChI is InChI=1S/C21H21FN4O3S2/c1-3-14-8-9-18(29-2)19(12-14)31(27,28)23-11-10-15-13-30-21-24-20(25-26(15)21)16-6-4-5-7-17(16)22/h4-9,12-13,23H,3,10-11H2,1-2H3. The number of aromatic nitrogens is 3. The van der Waals surface area contributed by atoms with Crippen molar-refractivity contribution in [3.05, 3.63) is 64.9 Å². The molecule has 1 N–H and O–H groups in total. The number of sulfonamides is 1. The fraction of sp³-hybridized carbons (Fsp3) is 0.238. The van der Waals surface area contributed by atoms with Gasteiger partial charge in [0.2, 0.25) is 15.0 Å². The quantitative estimate of drug-likeness (QED) is 0.433. The van der Waals surface area contributed by atoms with Crippen molar-refractivity contribution in [3.63, 3.8) is 0 Å². The minimum absolute atomic E-state index is 0.118. The Bertz CT molecular complexity index is 1330. The number of aryl methyl sites for hydroxylation is 1. The molecule has 2 heterocycles. The number of fused-ring (bicyclic) bond motifs is 1. The monoisotopic (exact) mass is 460 g/mol. The number of halogens is 1. The third-order valence-corrected chi connectivity index (χ3v) is 7.21. The smallest absolute Gasteiger partial charge is 0.244 e. The van der Waals surface area contributed by atoms with Crippen LogP contribution in [0.4, 0.5) is 4.39 Å². The molecule has 7 nitrogen and oxygen atoms in total. The average molecular weight is 461 g/mol. The second-order valence-corrected chi connectivity index (χ2v) is 9.40. The molecule has 0 aliphatic carbocycles. The summed E-state index contributed by atoms with van der Waals surface area (Å²) in [7, 11) is -2.31. The molecule has 4 aromatic rings. The second-order valence-electron chi connectivity index (χ2n) is 6.82. The van der Waals surface area contributed by atoms with Crippen molar-refractivity contribution in [3.8, 4) is 17.1 Å². The number of ether oxygens (including phenoxy) is 1. The molecular formula is C21H21FN4O3S2. The Morgan fingerprint density at radius 2 is 2.03 bits per heavy atom. The summed E-state index contributed by atoms with van der Waals surface area (Å²) >= 11 is 1.37. The fourth-order valence-corrected chi connectivity index (χ4v) is 5.30. The first-order valence-corrected chi connectivity index (χ1v) is 12.0. The molecule has 31 heavy (non-hydrogen) atoms. The summed E-state index contributed by atoms with van der Waals surface area (Å²) in [6, 6.07) is 11.5. The SMILES string of the molecule is CCc1ccc(OC)c(S(=O)(=O)NCCc2csc3nc(-c4ccccc4F)nn23)c1. The maximum absolute atomic E-state index is 14.0. The predicted molar refractivity (Wildman–Crippen MR) is 118 cm³/mol. The van der Waals surface area contributed by atoms with E-state index in [1.807, 2.05) is 18.4 Å². The molecule has 2 aromatic carbocycles. The van der Waals surface area contributed by atoms with Crippen LogP contribution >= 0.6 is 11.3 Å². The van der Waals surface area contributed by atoms with Gasteiger partial charge in [-0.25, -0.2) is 22.0 Å². The van der Waals surface area contributed by atoms with Gasteiger partial charge in [-0.2, -0.15) is 4.98 Å². The number of benzene rings is 2. The highest BCUT2D eigenvalue weighted by Crippen LogP contribution is 2.26. The first-order valence-electron chi connectivity index (χ1n) is 9.67. The zero-order chi connectivity index (χ0) is 22.0. The molecule has 0 spiro atoms. The van der Waals surface area contributed by atoms with Gasteiger partial charge in [0.25, 0.3) is 0 Å². The molecule has 10 heteroatoms. The van der Waals surface area contributed by atoms with Gasteiger partial charge in [0.1, 0.15) is 16.5 Å². The number of hydrogen-bond acceptors (Lipinski definition) is 6. The molecule has 0 atom stereocenters. The van der Waals surface area contributed by atoms with Crippen LogP contribution in [0.2, 0.25) is 0 Å². The number of methoxy groups -OCH3 is 1. The van der Waals surface area contributed by atoms with Crippen LogP contribution in [0, 0.1) is 5.82 Å². The van der Waals surface area contributed by atoms with Crippen molar-refractivity contribution in [1.82, 2.24) is 19.3 Å². The maximum atomic E-state index is 14.0. The summed E-state index contributed by atoms with van der Waals surface area (Å²) in [5.74, 6) is 0.208. The van der Waals surface area contributed by atoms with Crippen LogP contribution < -0.4 is 9.46 Å². The van der Waals surface area contributed by atoms with Crippen LogP contribution in [0.15, 0.2) is 52.7 Å². The zero-order valence-electron chi connectivity index (χ0n) is 17.0. The summed E-state index contributed by atoms with van der Waals surface area (Å²) in [5, 5.41) is 6.27. The van der Waals surface area contributed by atoms with E-state index < -0.39 is 15.8 Å². The summed E-state index contributed by atoms with van der Waals surface area (Å²) in [5.41, 5.74) is 2.02. The molecule has 0 aliphatic heterocycles. The summed E-state index contributed by atoms with van der Waals surface area (Å²) in [6.07, 6.45) is 1.12. The van der Waals surface area contributed by atoms with Crippen molar-refractivity contribution >= 4 is 26.3 Å². The Hall–Kier alpha value is -2.82. The lowest BCUT2D eigenvalue weighted by Crippen LogP contribution is -2.26. The van der Waals surface area contributed by atoms with Crippen LogP contribution in [-0.4, -0.2) is 36.7 Å². The lowest BCUT2D eigenvalue weighted by Gasteiger charge is -2.12. The minimum atomic E-state index is -3.75.